The highest BCUT2D eigenvalue weighted by atomic mass is 28.3. The van der Waals surface area contributed by atoms with Crippen molar-refractivity contribution in [3.63, 3.8) is 0 Å². The molecule has 1 aromatic carbocycles. The fourth-order valence-electron chi connectivity index (χ4n) is 1.64. The van der Waals surface area contributed by atoms with Gasteiger partial charge in [0.2, 0.25) is 0 Å². The molecule has 18 heavy (non-hydrogen) atoms. The lowest BCUT2D eigenvalue weighted by Gasteiger charge is -2.03. The number of benzene rings is 1. The SMILES string of the molecule is C[Si](C)(C)C#CC1=NCc2ccc([N+](=O)[O-])cc21. The molecule has 4 nitrogen and oxygen atoms in total. The van der Waals surface area contributed by atoms with Crippen LogP contribution < -0.4 is 0 Å². The summed E-state index contributed by atoms with van der Waals surface area (Å²) in [6, 6.07) is 4.85. The first-order valence-corrected chi connectivity index (χ1v) is 9.22. The summed E-state index contributed by atoms with van der Waals surface area (Å²) in [5, 5.41) is 10.8. The van der Waals surface area contributed by atoms with Crippen LogP contribution in [0.25, 0.3) is 0 Å². The van der Waals surface area contributed by atoms with Gasteiger partial charge in [-0.1, -0.05) is 25.6 Å². The summed E-state index contributed by atoms with van der Waals surface area (Å²) in [6.45, 7) is 7.04. The van der Waals surface area contributed by atoms with E-state index >= 15 is 0 Å². The fourth-order valence-corrected chi connectivity index (χ4v) is 2.13. The molecule has 5 heteroatoms. The van der Waals surface area contributed by atoms with Crippen molar-refractivity contribution in [2.45, 2.75) is 26.2 Å². The average molecular weight is 258 g/mol. The number of hydrogen-bond acceptors (Lipinski definition) is 3. The first-order valence-electron chi connectivity index (χ1n) is 5.72. The van der Waals surface area contributed by atoms with E-state index in [1.54, 1.807) is 12.1 Å². The van der Waals surface area contributed by atoms with Gasteiger partial charge in [-0.05, 0) is 11.6 Å². The highest BCUT2D eigenvalue weighted by Crippen LogP contribution is 2.23. The Hall–Kier alpha value is -1.93. The molecule has 0 amide bonds. The number of non-ortho nitro benzene ring substituents is 1. The molecule has 1 aliphatic heterocycles. The molecule has 1 heterocycles. The zero-order chi connectivity index (χ0) is 13.3. The van der Waals surface area contributed by atoms with E-state index in [1.165, 1.54) is 6.07 Å². The molecule has 0 spiro atoms. The Labute approximate surface area is 107 Å². The molecule has 0 aromatic heterocycles. The lowest BCUT2D eigenvalue weighted by Crippen LogP contribution is -2.17. The molecular formula is C13H14N2O2Si. The summed E-state index contributed by atoms with van der Waals surface area (Å²) < 4.78 is 0. The number of rotatable bonds is 1. The second kappa shape index (κ2) is 4.39. The Bertz CT molecular complexity index is 604. The maximum Gasteiger partial charge on any atom is 0.270 e. The molecule has 0 atom stereocenters. The smallest absolute Gasteiger partial charge is 0.270 e. The lowest BCUT2D eigenvalue weighted by molar-refractivity contribution is -0.384. The van der Waals surface area contributed by atoms with Crippen molar-refractivity contribution in [1.29, 1.82) is 0 Å². The number of nitro groups is 1. The fraction of sp³-hybridized carbons (Fsp3) is 0.308. The summed E-state index contributed by atoms with van der Waals surface area (Å²) in [4.78, 5) is 14.7. The molecule has 0 saturated heterocycles. The van der Waals surface area contributed by atoms with E-state index in [9.17, 15) is 10.1 Å². The van der Waals surface area contributed by atoms with Crippen LogP contribution in [-0.2, 0) is 6.54 Å². The molecule has 1 aliphatic rings. The molecule has 0 bridgehead atoms. The first kappa shape index (κ1) is 12.5. The predicted molar refractivity (Wildman–Crippen MR) is 74.5 cm³/mol. The van der Waals surface area contributed by atoms with Gasteiger partial charge >= 0.3 is 0 Å². The molecule has 0 radical (unpaired) electrons. The number of hydrogen-bond donors (Lipinski definition) is 0. The number of nitrogens with zero attached hydrogens (tertiary/aromatic N) is 2. The van der Waals surface area contributed by atoms with E-state index in [0.29, 0.717) is 12.3 Å². The second-order valence-electron chi connectivity index (χ2n) is 5.26. The minimum atomic E-state index is -1.46. The summed E-state index contributed by atoms with van der Waals surface area (Å²) in [7, 11) is -1.46. The van der Waals surface area contributed by atoms with Gasteiger partial charge in [0.25, 0.3) is 5.69 Å². The van der Waals surface area contributed by atoms with Gasteiger partial charge in [0.1, 0.15) is 13.8 Å². The molecule has 0 fully saturated rings. The molecule has 2 rings (SSSR count). The van der Waals surface area contributed by atoms with Gasteiger partial charge in [0.15, 0.2) is 0 Å². The van der Waals surface area contributed by atoms with E-state index < -0.39 is 8.07 Å². The third-order valence-electron chi connectivity index (χ3n) is 2.52. The number of aliphatic imine (C=N–C) groups is 1. The van der Waals surface area contributed by atoms with Crippen molar-refractivity contribution in [3.05, 3.63) is 39.4 Å². The van der Waals surface area contributed by atoms with Crippen molar-refractivity contribution < 1.29 is 4.92 Å². The lowest BCUT2D eigenvalue weighted by atomic mass is 10.1. The second-order valence-corrected chi connectivity index (χ2v) is 10.0. The Morgan fingerprint density at radius 2 is 2.11 bits per heavy atom. The Kier molecular flexibility index (Phi) is 3.05. The van der Waals surface area contributed by atoms with E-state index in [0.717, 1.165) is 11.1 Å². The van der Waals surface area contributed by atoms with Crippen LogP contribution in [-0.4, -0.2) is 18.7 Å². The van der Waals surface area contributed by atoms with Crippen molar-refractivity contribution in [3.8, 4) is 11.5 Å². The number of nitro benzene ring substituents is 1. The van der Waals surface area contributed by atoms with E-state index in [1.807, 2.05) is 0 Å². The zero-order valence-corrected chi connectivity index (χ0v) is 11.7. The topological polar surface area (TPSA) is 55.5 Å². The normalized spacial score (nSPS) is 13.4. The summed E-state index contributed by atoms with van der Waals surface area (Å²) in [6.07, 6.45) is 0. The first-order chi connectivity index (χ1) is 8.37. The van der Waals surface area contributed by atoms with Crippen LogP contribution in [0.4, 0.5) is 5.69 Å². The average Bonchev–Trinajstić information content (AvgIpc) is 2.67. The molecule has 0 saturated carbocycles. The van der Waals surface area contributed by atoms with Crippen LogP contribution in [0.5, 0.6) is 0 Å². The van der Waals surface area contributed by atoms with Gasteiger partial charge in [-0.15, -0.1) is 5.54 Å². The van der Waals surface area contributed by atoms with Crippen molar-refractivity contribution in [1.82, 2.24) is 0 Å². The monoisotopic (exact) mass is 258 g/mol. The summed E-state index contributed by atoms with van der Waals surface area (Å²) in [5.41, 5.74) is 5.86. The van der Waals surface area contributed by atoms with Crippen molar-refractivity contribution >= 4 is 19.5 Å². The van der Waals surface area contributed by atoms with Gasteiger partial charge in [-0.2, -0.15) is 0 Å². The van der Waals surface area contributed by atoms with Gasteiger partial charge in [0.05, 0.1) is 11.5 Å². The minimum absolute atomic E-state index is 0.0955. The Morgan fingerprint density at radius 3 is 2.72 bits per heavy atom. The summed E-state index contributed by atoms with van der Waals surface area (Å²) in [5.74, 6) is 3.08. The van der Waals surface area contributed by atoms with Gasteiger partial charge in [-0.3, -0.25) is 15.1 Å². The van der Waals surface area contributed by atoms with Crippen molar-refractivity contribution in [2.75, 3.05) is 0 Å². The standard InChI is InChI=1S/C13H14N2O2Si/c1-18(2,3)7-6-13-12-8-11(15(16)17)5-4-10(12)9-14-13/h4-5,8H,9H2,1-3H3. The van der Waals surface area contributed by atoms with E-state index in [2.05, 4.69) is 36.1 Å². The molecule has 0 aliphatic carbocycles. The van der Waals surface area contributed by atoms with Crippen LogP contribution in [0.2, 0.25) is 19.6 Å². The predicted octanol–water partition coefficient (Wildman–Crippen LogP) is 2.78. The number of fused-ring (bicyclic) bond motifs is 1. The van der Waals surface area contributed by atoms with Gasteiger partial charge < -0.3 is 0 Å². The molecular weight excluding hydrogens is 244 g/mol. The third-order valence-corrected chi connectivity index (χ3v) is 3.40. The van der Waals surface area contributed by atoms with Crippen LogP contribution >= 0.6 is 0 Å². The van der Waals surface area contributed by atoms with Crippen LogP contribution in [0.1, 0.15) is 11.1 Å². The molecule has 92 valence electrons. The molecule has 1 aromatic rings. The van der Waals surface area contributed by atoms with E-state index in [4.69, 9.17) is 0 Å². The minimum Gasteiger partial charge on any atom is -0.271 e. The van der Waals surface area contributed by atoms with Gasteiger partial charge in [-0.25, -0.2) is 0 Å². The zero-order valence-electron chi connectivity index (χ0n) is 10.7. The largest absolute Gasteiger partial charge is 0.271 e. The quantitative estimate of drug-likeness (QED) is 0.336. The van der Waals surface area contributed by atoms with Crippen LogP contribution in [0.15, 0.2) is 23.2 Å². The molecule has 0 N–H and O–H groups in total. The Balaban J connectivity index is 2.39. The maximum absolute atomic E-state index is 10.8. The highest BCUT2D eigenvalue weighted by molar-refractivity contribution is 6.84. The van der Waals surface area contributed by atoms with E-state index in [-0.39, 0.29) is 10.6 Å². The maximum atomic E-state index is 10.8. The van der Waals surface area contributed by atoms with Crippen molar-refractivity contribution in [2.24, 2.45) is 4.99 Å². The third kappa shape index (κ3) is 2.66. The molecule has 0 unspecified atom stereocenters. The Morgan fingerprint density at radius 1 is 1.39 bits per heavy atom. The van der Waals surface area contributed by atoms with Gasteiger partial charge in [0, 0.05) is 17.7 Å². The summed E-state index contributed by atoms with van der Waals surface area (Å²) >= 11 is 0. The van der Waals surface area contributed by atoms with Crippen LogP contribution in [0.3, 0.4) is 0 Å². The highest BCUT2D eigenvalue weighted by Gasteiger charge is 2.18. The van der Waals surface area contributed by atoms with Crippen LogP contribution in [0, 0.1) is 21.6 Å².